The van der Waals surface area contributed by atoms with Crippen LogP contribution in [0.15, 0.2) is 12.3 Å². The number of rotatable bonds is 1. The lowest BCUT2D eigenvalue weighted by Crippen LogP contribution is -1.92. The molecule has 0 fully saturated rings. The molecule has 58 valence electrons. The zero-order valence-electron chi connectivity index (χ0n) is 6.37. The first kappa shape index (κ1) is 7.65. The molecule has 0 amide bonds. The van der Waals surface area contributed by atoms with Crippen LogP contribution in [-0.2, 0) is 0 Å². The maximum atomic E-state index is 10.2. The highest BCUT2D eigenvalue weighted by Gasteiger charge is 2.05. The molecule has 11 heavy (non-hydrogen) atoms. The van der Waals surface area contributed by atoms with E-state index >= 15 is 0 Å². The Labute approximate surface area is 64.0 Å². The van der Waals surface area contributed by atoms with Gasteiger partial charge < -0.3 is 0 Å². The normalized spacial score (nSPS) is 9.64. The summed E-state index contributed by atoms with van der Waals surface area (Å²) in [5.74, 6) is 0. The van der Waals surface area contributed by atoms with E-state index in [9.17, 15) is 10.1 Å². The molecule has 0 saturated carbocycles. The molecule has 0 saturated heterocycles. The summed E-state index contributed by atoms with van der Waals surface area (Å²) >= 11 is 0. The molecule has 4 nitrogen and oxygen atoms in total. The highest BCUT2D eigenvalue weighted by atomic mass is 16.6. The lowest BCUT2D eigenvalue weighted by atomic mass is 10.2. The predicted octanol–water partition coefficient (Wildman–Crippen LogP) is 1.61. The van der Waals surface area contributed by atoms with Crippen molar-refractivity contribution in [2.24, 2.45) is 0 Å². The number of nitro groups is 1. The molecule has 1 aromatic rings. The largest absolute Gasteiger partial charge is 0.287 e. The summed E-state index contributed by atoms with van der Waals surface area (Å²) in [5, 5.41) is 10.2. The fraction of sp³-hybridized carbons (Fsp3) is 0.286. The Bertz CT molecular complexity index is 296. The molecule has 0 unspecified atom stereocenters. The molecule has 0 spiro atoms. The van der Waals surface area contributed by atoms with Crippen molar-refractivity contribution in [3.63, 3.8) is 0 Å². The molecular weight excluding hydrogens is 144 g/mol. The van der Waals surface area contributed by atoms with E-state index in [1.807, 2.05) is 6.92 Å². The highest BCUT2D eigenvalue weighted by Crippen LogP contribution is 2.12. The monoisotopic (exact) mass is 152 g/mol. The van der Waals surface area contributed by atoms with Gasteiger partial charge in [0.1, 0.15) is 6.20 Å². The number of pyridine rings is 1. The summed E-state index contributed by atoms with van der Waals surface area (Å²) in [7, 11) is 0. The second-order valence-electron chi connectivity index (χ2n) is 2.35. The molecule has 1 aromatic heterocycles. The number of nitrogens with zero attached hydrogens (tertiary/aromatic N) is 2. The van der Waals surface area contributed by atoms with E-state index in [2.05, 4.69) is 4.98 Å². The van der Waals surface area contributed by atoms with Gasteiger partial charge in [-0.15, -0.1) is 0 Å². The van der Waals surface area contributed by atoms with Crippen molar-refractivity contribution in [3.05, 3.63) is 33.6 Å². The second-order valence-corrected chi connectivity index (χ2v) is 2.35. The van der Waals surface area contributed by atoms with Crippen molar-refractivity contribution in [2.75, 3.05) is 0 Å². The number of hydrogen-bond donors (Lipinski definition) is 0. The van der Waals surface area contributed by atoms with Gasteiger partial charge in [0.15, 0.2) is 0 Å². The Morgan fingerprint density at radius 3 is 2.64 bits per heavy atom. The smallest absolute Gasteiger partial charge is 0.258 e. The molecule has 0 aliphatic carbocycles. The van der Waals surface area contributed by atoms with Crippen molar-refractivity contribution < 1.29 is 4.92 Å². The summed E-state index contributed by atoms with van der Waals surface area (Å²) in [4.78, 5) is 13.6. The van der Waals surface area contributed by atoms with Crippen LogP contribution >= 0.6 is 0 Å². The van der Waals surface area contributed by atoms with E-state index in [1.54, 1.807) is 6.92 Å². The Morgan fingerprint density at radius 1 is 1.55 bits per heavy atom. The third-order valence-electron chi connectivity index (χ3n) is 1.54. The zero-order valence-corrected chi connectivity index (χ0v) is 6.37. The fourth-order valence-corrected chi connectivity index (χ4v) is 0.728. The number of aryl methyl sites for hydroxylation is 2. The Hall–Kier alpha value is -1.45. The van der Waals surface area contributed by atoms with Crippen LogP contribution in [0.1, 0.15) is 11.3 Å². The molecule has 0 atom stereocenters. The molecule has 0 aliphatic heterocycles. The summed E-state index contributed by atoms with van der Waals surface area (Å²) in [6, 6.07) is 1.52. The number of hydrogen-bond acceptors (Lipinski definition) is 3. The van der Waals surface area contributed by atoms with E-state index in [4.69, 9.17) is 0 Å². The van der Waals surface area contributed by atoms with Gasteiger partial charge in [-0.25, -0.2) is 0 Å². The molecule has 0 radical (unpaired) electrons. The van der Waals surface area contributed by atoms with Gasteiger partial charge in [-0.1, -0.05) is 0 Å². The lowest BCUT2D eigenvalue weighted by Gasteiger charge is -1.96. The second kappa shape index (κ2) is 2.65. The van der Waals surface area contributed by atoms with Gasteiger partial charge in [-0.05, 0) is 19.4 Å². The molecule has 0 bridgehead atoms. The van der Waals surface area contributed by atoms with Gasteiger partial charge in [-0.3, -0.25) is 15.1 Å². The maximum Gasteiger partial charge on any atom is 0.287 e. The third kappa shape index (κ3) is 1.52. The Balaban J connectivity index is 3.15. The van der Waals surface area contributed by atoms with Crippen LogP contribution in [0.4, 0.5) is 5.69 Å². The zero-order chi connectivity index (χ0) is 8.43. The molecule has 1 rings (SSSR count). The van der Waals surface area contributed by atoms with Crippen LogP contribution in [0.25, 0.3) is 0 Å². The minimum absolute atomic E-state index is 0.0492. The van der Waals surface area contributed by atoms with Crippen LogP contribution in [0.3, 0.4) is 0 Å². The molecule has 0 N–H and O–H groups in total. The van der Waals surface area contributed by atoms with Crippen LogP contribution in [0.2, 0.25) is 0 Å². The van der Waals surface area contributed by atoms with Crippen LogP contribution in [-0.4, -0.2) is 9.91 Å². The van der Waals surface area contributed by atoms with E-state index in [1.165, 1.54) is 12.3 Å². The average Bonchev–Trinajstić information content (AvgIpc) is 1.94. The highest BCUT2D eigenvalue weighted by molar-refractivity contribution is 5.32. The summed E-state index contributed by atoms with van der Waals surface area (Å²) in [6.07, 6.45) is 1.27. The van der Waals surface area contributed by atoms with Gasteiger partial charge in [0.25, 0.3) is 5.69 Å². The molecule has 0 aliphatic rings. The van der Waals surface area contributed by atoms with Crippen LogP contribution in [0, 0.1) is 24.0 Å². The first-order chi connectivity index (χ1) is 5.11. The van der Waals surface area contributed by atoms with E-state index in [0.29, 0.717) is 0 Å². The minimum atomic E-state index is -0.445. The first-order valence-corrected chi connectivity index (χ1v) is 3.19. The minimum Gasteiger partial charge on any atom is -0.258 e. The summed E-state index contributed by atoms with van der Waals surface area (Å²) in [5.41, 5.74) is 1.72. The summed E-state index contributed by atoms with van der Waals surface area (Å²) < 4.78 is 0. The molecule has 1 heterocycles. The standard InChI is InChI=1S/C7H8N2O2/c1-5-3-7(9(10)11)4-8-6(5)2/h3-4H,1-2H3. The van der Waals surface area contributed by atoms with Crippen molar-refractivity contribution in [1.29, 1.82) is 0 Å². The average molecular weight is 152 g/mol. The Morgan fingerprint density at radius 2 is 2.18 bits per heavy atom. The third-order valence-corrected chi connectivity index (χ3v) is 1.54. The predicted molar refractivity (Wildman–Crippen MR) is 40.4 cm³/mol. The van der Waals surface area contributed by atoms with E-state index < -0.39 is 4.92 Å². The maximum absolute atomic E-state index is 10.2. The van der Waals surface area contributed by atoms with Crippen LogP contribution < -0.4 is 0 Å². The van der Waals surface area contributed by atoms with Crippen molar-refractivity contribution >= 4 is 5.69 Å². The van der Waals surface area contributed by atoms with E-state index in [0.717, 1.165) is 11.3 Å². The quantitative estimate of drug-likeness (QED) is 0.453. The van der Waals surface area contributed by atoms with Crippen LogP contribution in [0.5, 0.6) is 0 Å². The van der Waals surface area contributed by atoms with Crippen molar-refractivity contribution in [3.8, 4) is 0 Å². The van der Waals surface area contributed by atoms with Gasteiger partial charge in [-0.2, -0.15) is 0 Å². The van der Waals surface area contributed by atoms with Gasteiger partial charge in [0.05, 0.1) is 4.92 Å². The molecule has 4 heteroatoms. The van der Waals surface area contributed by atoms with Gasteiger partial charge >= 0.3 is 0 Å². The summed E-state index contributed by atoms with van der Waals surface area (Å²) in [6.45, 7) is 3.62. The lowest BCUT2D eigenvalue weighted by molar-refractivity contribution is -0.385. The van der Waals surface area contributed by atoms with Crippen molar-refractivity contribution in [2.45, 2.75) is 13.8 Å². The van der Waals surface area contributed by atoms with Gasteiger partial charge in [0.2, 0.25) is 0 Å². The fourth-order valence-electron chi connectivity index (χ4n) is 0.728. The van der Waals surface area contributed by atoms with E-state index in [-0.39, 0.29) is 5.69 Å². The van der Waals surface area contributed by atoms with Crippen molar-refractivity contribution in [1.82, 2.24) is 4.98 Å². The SMILES string of the molecule is Cc1cc([N+](=O)[O-])cnc1C. The topological polar surface area (TPSA) is 56.0 Å². The Kier molecular flexibility index (Phi) is 1.85. The molecule has 0 aromatic carbocycles. The molecular formula is C7H8N2O2. The first-order valence-electron chi connectivity index (χ1n) is 3.19. The van der Waals surface area contributed by atoms with Gasteiger partial charge in [0, 0.05) is 11.8 Å². The number of aromatic nitrogens is 1.